The molecule has 23 heavy (non-hydrogen) atoms. The Labute approximate surface area is 142 Å². The number of hydrogen-bond donors (Lipinski definition) is 2. The van der Waals surface area contributed by atoms with Gasteiger partial charge < -0.3 is 10.1 Å². The number of rotatable bonds is 4. The van der Waals surface area contributed by atoms with E-state index in [9.17, 15) is 9.59 Å². The first-order valence-electron chi connectivity index (χ1n) is 7.33. The minimum atomic E-state index is -0.623. The minimum Gasteiger partial charge on any atom is -0.444 e. The van der Waals surface area contributed by atoms with Gasteiger partial charge in [0.15, 0.2) is 0 Å². The van der Waals surface area contributed by atoms with Gasteiger partial charge in [0.1, 0.15) is 5.60 Å². The molecule has 2 amide bonds. The molecule has 0 radical (unpaired) electrons. The first kappa shape index (κ1) is 19.0. The van der Waals surface area contributed by atoms with E-state index in [4.69, 9.17) is 16.3 Å². The number of nitrogens with one attached hydrogen (secondary N) is 2. The molecule has 0 unspecified atom stereocenters. The Bertz CT molecular complexity index is 633. The SMILES string of the molecule is C=C(C)c1c(NC(=O)OC(C)(C)C)ccc(Cl)c1C(=O)NCC. The van der Waals surface area contributed by atoms with Gasteiger partial charge in [0, 0.05) is 12.1 Å². The highest BCUT2D eigenvalue weighted by molar-refractivity contribution is 6.34. The molecule has 0 aromatic heterocycles. The van der Waals surface area contributed by atoms with Gasteiger partial charge in [-0.2, -0.15) is 0 Å². The van der Waals surface area contributed by atoms with E-state index in [1.807, 2.05) is 6.92 Å². The Morgan fingerprint density at radius 2 is 1.87 bits per heavy atom. The molecule has 1 rings (SSSR count). The fourth-order valence-electron chi connectivity index (χ4n) is 2.01. The summed E-state index contributed by atoms with van der Waals surface area (Å²) < 4.78 is 5.24. The largest absolute Gasteiger partial charge is 0.444 e. The fourth-order valence-corrected chi connectivity index (χ4v) is 2.25. The lowest BCUT2D eigenvalue weighted by atomic mass is 9.98. The van der Waals surface area contributed by atoms with Gasteiger partial charge in [0.2, 0.25) is 0 Å². The first-order valence-corrected chi connectivity index (χ1v) is 7.71. The number of amides is 2. The molecule has 0 saturated carbocycles. The summed E-state index contributed by atoms with van der Waals surface area (Å²) in [4.78, 5) is 24.3. The van der Waals surface area contributed by atoms with Crippen LogP contribution >= 0.6 is 11.6 Å². The predicted octanol–water partition coefficient (Wildman–Crippen LogP) is 4.47. The zero-order valence-corrected chi connectivity index (χ0v) is 14.9. The highest BCUT2D eigenvalue weighted by Gasteiger charge is 2.22. The molecule has 0 aliphatic rings. The van der Waals surface area contributed by atoms with Crippen LogP contribution in [0.2, 0.25) is 5.02 Å². The molecular weight excluding hydrogens is 316 g/mol. The van der Waals surface area contributed by atoms with Crippen LogP contribution in [0, 0.1) is 0 Å². The highest BCUT2D eigenvalue weighted by atomic mass is 35.5. The normalized spacial score (nSPS) is 10.9. The quantitative estimate of drug-likeness (QED) is 0.851. The van der Waals surface area contributed by atoms with Crippen LogP contribution in [-0.4, -0.2) is 24.1 Å². The average Bonchev–Trinajstić information content (AvgIpc) is 2.37. The van der Waals surface area contributed by atoms with Gasteiger partial charge >= 0.3 is 6.09 Å². The third-order valence-electron chi connectivity index (χ3n) is 2.78. The van der Waals surface area contributed by atoms with Crippen molar-refractivity contribution in [3.8, 4) is 0 Å². The van der Waals surface area contributed by atoms with E-state index in [1.165, 1.54) is 0 Å². The number of ether oxygens (including phenoxy) is 1. The van der Waals surface area contributed by atoms with Crippen LogP contribution < -0.4 is 10.6 Å². The molecule has 0 aliphatic carbocycles. The Balaban J connectivity index is 3.28. The van der Waals surface area contributed by atoms with Crippen molar-refractivity contribution in [1.82, 2.24) is 5.32 Å². The van der Waals surface area contributed by atoms with Gasteiger partial charge in [0.25, 0.3) is 5.91 Å². The van der Waals surface area contributed by atoms with Crippen LogP contribution in [-0.2, 0) is 4.74 Å². The highest BCUT2D eigenvalue weighted by Crippen LogP contribution is 2.32. The van der Waals surface area contributed by atoms with Gasteiger partial charge in [-0.25, -0.2) is 4.79 Å². The Kier molecular flexibility index (Phi) is 6.21. The van der Waals surface area contributed by atoms with Crippen LogP contribution in [0.1, 0.15) is 50.5 Å². The lowest BCUT2D eigenvalue weighted by Gasteiger charge is -2.21. The first-order chi connectivity index (χ1) is 10.6. The van der Waals surface area contributed by atoms with Crippen LogP contribution in [0.25, 0.3) is 5.57 Å². The number of carbonyl (C=O) groups is 2. The number of hydrogen-bond acceptors (Lipinski definition) is 3. The maximum Gasteiger partial charge on any atom is 0.412 e. The molecule has 1 aromatic carbocycles. The molecule has 126 valence electrons. The van der Waals surface area contributed by atoms with E-state index >= 15 is 0 Å². The van der Waals surface area contributed by atoms with E-state index < -0.39 is 11.7 Å². The molecule has 1 aromatic rings. The zero-order valence-electron chi connectivity index (χ0n) is 14.2. The Morgan fingerprint density at radius 1 is 1.26 bits per heavy atom. The monoisotopic (exact) mass is 338 g/mol. The van der Waals surface area contributed by atoms with E-state index in [1.54, 1.807) is 39.8 Å². The second kappa shape index (κ2) is 7.51. The summed E-state index contributed by atoms with van der Waals surface area (Å²) in [6.45, 7) is 13.2. The second-order valence-electron chi connectivity index (χ2n) is 6.11. The average molecular weight is 339 g/mol. The van der Waals surface area contributed by atoms with Gasteiger partial charge in [-0.05, 0) is 52.3 Å². The summed E-state index contributed by atoms with van der Waals surface area (Å²) >= 11 is 6.17. The van der Waals surface area contributed by atoms with E-state index in [-0.39, 0.29) is 11.5 Å². The summed E-state index contributed by atoms with van der Waals surface area (Å²) in [5, 5.41) is 5.66. The summed E-state index contributed by atoms with van der Waals surface area (Å²) in [6.07, 6.45) is -0.607. The topological polar surface area (TPSA) is 67.4 Å². The van der Waals surface area contributed by atoms with Crippen molar-refractivity contribution in [3.63, 3.8) is 0 Å². The molecule has 0 saturated heterocycles. The smallest absolute Gasteiger partial charge is 0.412 e. The lowest BCUT2D eigenvalue weighted by Crippen LogP contribution is -2.28. The molecule has 0 bridgehead atoms. The van der Waals surface area contributed by atoms with Gasteiger partial charge in [-0.1, -0.05) is 18.2 Å². The van der Waals surface area contributed by atoms with Crippen LogP contribution in [0.4, 0.5) is 10.5 Å². The number of benzene rings is 1. The number of carbonyl (C=O) groups excluding carboxylic acids is 2. The lowest BCUT2D eigenvalue weighted by molar-refractivity contribution is 0.0635. The Morgan fingerprint density at radius 3 is 2.35 bits per heavy atom. The minimum absolute atomic E-state index is 0.287. The number of allylic oxidation sites excluding steroid dienone is 1. The third kappa shape index (κ3) is 5.28. The molecule has 0 fully saturated rings. The molecule has 0 heterocycles. The molecule has 0 aliphatic heterocycles. The van der Waals surface area contributed by atoms with Gasteiger partial charge in [-0.15, -0.1) is 0 Å². The maximum atomic E-state index is 12.3. The summed E-state index contributed by atoms with van der Waals surface area (Å²) in [5.41, 5.74) is 1.20. The molecule has 2 N–H and O–H groups in total. The van der Waals surface area contributed by atoms with Crippen molar-refractivity contribution in [3.05, 3.63) is 34.9 Å². The predicted molar refractivity (Wildman–Crippen MR) is 94.0 cm³/mol. The molecule has 5 nitrogen and oxygen atoms in total. The van der Waals surface area contributed by atoms with Crippen molar-refractivity contribution in [1.29, 1.82) is 0 Å². The Hall–Kier alpha value is -2.01. The van der Waals surface area contributed by atoms with E-state index in [0.29, 0.717) is 28.4 Å². The van der Waals surface area contributed by atoms with Crippen LogP contribution in [0.3, 0.4) is 0 Å². The summed E-state index contributed by atoms with van der Waals surface area (Å²) in [5.74, 6) is -0.316. The fraction of sp³-hybridized carbons (Fsp3) is 0.412. The molecule has 6 heteroatoms. The van der Waals surface area contributed by atoms with Crippen molar-refractivity contribution in [2.45, 2.75) is 40.2 Å². The van der Waals surface area contributed by atoms with E-state index in [0.717, 1.165) is 0 Å². The van der Waals surface area contributed by atoms with Gasteiger partial charge in [-0.3, -0.25) is 10.1 Å². The molecule has 0 spiro atoms. The molecular formula is C17H23ClN2O3. The second-order valence-corrected chi connectivity index (χ2v) is 6.52. The maximum absolute atomic E-state index is 12.3. The summed E-state index contributed by atoms with van der Waals surface area (Å²) in [7, 11) is 0. The van der Waals surface area contributed by atoms with Crippen LogP contribution in [0.15, 0.2) is 18.7 Å². The zero-order chi connectivity index (χ0) is 17.8. The van der Waals surface area contributed by atoms with Crippen LogP contribution in [0.5, 0.6) is 0 Å². The van der Waals surface area contributed by atoms with Crippen molar-refractivity contribution in [2.75, 3.05) is 11.9 Å². The number of anilines is 1. The summed E-state index contributed by atoms with van der Waals surface area (Å²) in [6, 6.07) is 3.18. The van der Waals surface area contributed by atoms with Crippen molar-refractivity contribution < 1.29 is 14.3 Å². The molecule has 0 atom stereocenters. The number of halogens is 1. The third-order valence-corrected chi connectivity index (χ3v) is 3.10. The van der Waals surface area contributed by atoms with Crippen molar-refractivity contribution in [2.24, 2.45) is 0 Å². The van der Waals surface area contributed by atoms with E-state index in [2.05, 4.69) is 17.2 Å². The van der Waals surface area contributed by atoms with Crippen molar-refractivity contribution >= 4 is 34.9 Å². The van der Waals surface area contributed by atoms with Gasteiger partial charge in [0.05, 0.1) is 16.3 Å². The standard InChI is InChI=1S/C17H23ClN2O3/c1-7-19-15(21)14-11(18)8-9-12(13(14)10(2)3)20-16(22)23-17(4,5)6/h8-9H,2,7H2,1,3-6H3,(H,19,21)(H,20,22).